The summed E-state index contributed by atoms with van der Waals surface area (Å²) in [4.78, 5) is 14.8. The molecule has 0 bridgehead atoms. The van der Waals surface area contributed by atoms with Crippen molar-refractivity contribution in [2.24, 2.45) is 23.0 Å². The van der Waals surface area contributed by atoms with E-state index >= 15 is 0 Å². The molecule has 1 aliphatic heterocycles. The lowest BCUT2D eigenvalue weighted by Gasteiger charge is -2.40. The van der Waals surface area contributed by atoms with E-state index in [9.17, 15) is 4.79 Å². The van der Waals surface area contributed by atoms with Crippen LogP contribution in [0, 0.1) is 17.3 Å². The third kappa shape index (κ3) is 3.00. The summed E-state index contributed by atoms with van der Waals surface area (Å²) in [6.07, 6.45) is 5.59. The molecule has 1 heterocycles. The number of carbonyl (C=O) groups excluding carboxylic acids is 1. The summed E-state index contributed by atoms with van der Waals surface area (Å²) in [6, 6.07) is 0. The molecule has 0 aromatic heterocycles. The van der Waals surface area contributed by atoms with Crippen molar-refractivity contribution in [2.45, 2.75) is 46.0 Å². The van der Waals surface area contributed by atoms with E-state index in [1.165, 1.54) is 19.3 Å². The third-order valence-electron chi connectivity index (χ3n) is 4.56. The molecule has 0 aromatic rings. The molecule has 1 saturated heterocycles. The number of halogens is 1. The van der Waals surface area contributed by atoms with Gasteiger partial charge in [0, 0.05) is 19.6 Å². The summed E-state index contributed by atoms with van der Waals surface area (Å²) in [5.74, 6) is 1.62. The van der Waals surface area contributed by atoms with Crippen molar-refractivity contribution in [3.05, 3.63) is 0 Å². The van der Waals surface area contributed by atoms with Crippen molar-refractivity contribution >= 4 is 18.3 Å². The number of hydrogen-bond acceptors (Lipinski definition) is 2. The summed E-state index contributed by atoms with van der Waals surface area (Å²) < 4.78 is 0. The van der Waals surface area contributed by atoms with Gasteiger partial charge in [-0.3, -0.25) is 4.79 Å². The Balaban J connectivity index is 0.00000162. The highest BCUT2D eigenvalue weighted by molar-refractivity contribution is 5.85. The Morgan fingerprint density at radius 2 is 1.72 bits per heavy atom. The minimum Gasteiger partial charge on any atom is -0.342 e. The van der Waals surface area contributed by atoms with Crippen LogP contribution < -0.4 is 5.73 Å². The van der Waals surface area contributed by atoms with Crippen LogP contribution in [0.15, 0.2) is 0 Å². The molecule has 2 atom stereocenters. The molecule has 1 amide bonds. The van der Waals surface area contributed by atoms with E-state index in [0.717, 1.165) is 25.9 Å². The second kappa shape index (κ2) is 6.25. The average Bonchev–Trinajstić information content (AvgIpc) is 2.76. The lowest BCUT2D eigenvalue weighted by Crippen LogP contribution is -2.51. The Morgan fingerprint density at radius 3 is 2.17 bits per heavy atom. The number of hydrogen-bond donors (Lipinski definition) is 1. The first kappa shape index (κ1) is 15.8. The van der Waals surface area contributed by atoms with Crippen LogP contribution >= 0.6 is 12.4 Å². The van der Waals surface area contributed by atoms with Crippen molar-refractivity contribution < 1.29 is 4.79 Å². The van der Waals surface area contributed by atoms with E-state index in [-0.39, 0.29) is 17.8 Å². The minimum atomic E-state index is -0.212. The molecule has 3 nitrogen and oxygen atoms in total. The van der Waals surface area contributed by atoms with Gasteiger partial charge < -0.3 is 10.6 Å². The number of amides is 1. The first-order valence-corrected chi connectivity index (χ1v) is 7.07. The highest BCUT2D eigenvalue weighted by Gasteiger charge is 2.43. The monoisotopic (exact) mass is 274 g/mol. The first-order valence-electron chi connectivity index (χ1n) is 7.07. The van der Waals surface area contributed by atoms with Crippen molar-refractivity contribution in [3.63, 3.8) is 0 Å². The fraction of sp³-hybridized carbons (Fsp3) is 0.929. The second-order valence-electron chi connectivity index (χ2n) is 6.35. The number of rotatable bonds is 2. The largest absolute Gasteiger partial charge is 0.342 e. The van der Waals surface area contributed by atoms with Crippen LogP contribution in [0.4, 0.5) is 0 Å². The summed E-state index contributed by atoms with van der Waals surface area (Å²) in [7, 11) is 0. The van der Waals surface area contributed by atoms with Crippen LogP contribution in [-0.2, 0) is 4.79 Å². The molecule has 2 fully saturated rings. The summed E-state index contributed by atoms with van der Waals surface area (Å²) >= 11 is 0. The zero-order valence-corrected chi connectivity index (χ0v) is 12.5. The predicted octanol–water partition coefficient (Wildman–Crippen LogP) is 2.43. The van der Waals surface area contributed by atoms with E-state index in [2.05, 4.69) is 18.7 Å². The Kier molecular flexibility index (Phi) is 5.47. The molecular weight excluding hydrogens is 248 g/mol. The average molecular weight is 275 g/mol. The smallest absolute Gasteiger partial charge is 0.230 e. The predicted molar refractivity (Wildman–Crippen MR) is 76.7 cm³/mol. The zero-order valence-electron chi connectivity index (χ0n) is 11.7. The minimum absolute atomic E-state index is 0. The molecule has 0 aromatic carbocycles. The summed E-state index contributed by atoms with van der Waals surface area (Å²) in [5.41, 5.74) is 5.69. The van der Waals surface area contributed by atoms with Crippen LogP contribution in [0.1, 0.15) is 46.0 Å². The first-order chi connectivity index (χ1) is 8.07. The molecule has 2 unspecified atom stereocenters. The highest BCUT2D eigenvalue weighted by Crippen LogP contribution is 2.39. The van der Waals surface area contributed by atoms with Gasteiger partial charge in [0.2, 0.25) is 5.91 Å². The normalized spacial score (nSPS) is 30.9. The topological polar surface area (TPSA) is 46.3 Å². The van der Waals surface area contributed by atoms with Crippen molar-refractivity contribution in [1.82, 2.24) is 4.90 Å². The summed E-state index contributed by atoms with van der Waals surface area (Å²) in [5, 5.41) is 0. The van der Waals surface area contributed by atoms with E-state index in [4.69, 9.17) is 5.73 Å². The maximum Gasteiger partial charge on any atom is 0.230 e. The fourth-order valence-electron chi connectivity index (χ4n) is 3.72. The lowest BCUT2D eigenvalue weighted by atomic mass is 9.82. The molecule has 2 rings (SSSR count). The Bertz CT molecular complexity index is 280. The molecule has 1 saturated carbocycles. The zero-order chi connectivity index (χ0) is 12.5. The lowest BCUT2D eigenvalue weighted by molar-refractivity contribution is -0.144. The quantitative estimate of drug-likeness (QED) is 0.841. The van der Waals surface area contributed by atoms with Crippen molar-refractivity contribution in [2.75, 3.05) is 19.6 Å². The van der Waals surface area contributed by atoms with Gasteiger partial charge in [0.1, 0.15) is 0 Å². The van der Waals surface area contributed by atoms with Gasteiger partial charge in [0.05, 0.1) is 5.41 Å². The van der Waals surface area contributed by atoms with Gasteiger partial charge in [-0.25, -0.2) is 0 Å². The standard InChI is InChI=1S/C14H26N2O.ClH/c1-11-7-12(2)9-16(8-11)13(17)14(10-15)5-3-4-6-14;/h11-12H,3-10,15H2,1-2H3;1H. The van der Waals surface area contributed by atoms with Crippen LogP contribution in [0.5, 0.6) is 0 Å². The van der Waals surface area contributed by atoms with Crippen molar-refractivity contribution in [1.29, 1.82) is 0 Å². The van der Waals surface area contributed by atoms with Gasteiger partial charge in [-0.1, -0.05) is 26.7 Å². The highest BCUT2D eigenvalue weighted by atomic mass is 35.5. The fourth-order valence-corrected chi connectivity index (χ4v) is 3.72. The molecular formula is C14H27ClN2O. The Hall–Kier alpha value is -0.280. The number of carbonyl (C=O) groups is 1. The van der Waals surface area contributed by atoms with Crippen molar-refractivity contribution in [3.8, 4) is 0 Å². The maximum atomic E-state index is 12.7. The number of nitrogens with two attached hydrogens (primary N) is 1. The van der Waals surface area contributed by atoms with E-state index in [1.54, 1.807) is 0 Å². The van der Waals surface area contributed by atoms with E-state index < -0.39 is 0 Å². The third-order valence-corrected chi connectivity index (χ3v) is 4.56. The Labute approximate surface area is 117 Å². The molecule has 18 heavy (non-hydrogen) atoms. The molecule has 1 aliphatic carbocycles. The summed E-state index contributed by atoms with van der Waals surface area (Å²) in [6.45, 7) is 6.90. The van der Waals surface area contributed by atoms with Crippen LogP contribution in [0.3, 0.4) is 0 Å². The second-order valence-corrected chi connectivity index (χ2v) is 6.35. The number of piperidine rings is 1. The number of likely N-dealkylation sites (tertiary alicyclic amines) is 1. The van der Waals surface area contributed by atoms with Crippen LogP contribution in [0.25, 0.3) is 0 Å². The van der Waals surface area contributed by atoms with Gasteiger partial charge in [0.15, 0.2) is 0 Å². The van der Waals surface area contributed by atoms with Crippen LogP contribution in [0.2, 0.25) is 0 Å². The van der Waals surface area contributed by atoms with Gasteiger partial charge in [0.25, 0.3) is 0 Å². The molecule has 4 heteroatoms. The molecule has 2 N–H and O–H groups in total. The van der Waals surface area contributed by atoms with E-state index in [0.29, 0.717) is 24.3 Å². The maximum absolute atomic E-state index is 12.7. The van der Waals surface area contributed by atoms with E-state index in [1.807, 2.05) is 0 Å². The van der Waals surface area contributed by atoms with Crippen LogP contribution in [-0.4, -0.2) is 30.4 Å². The van der Waals surface area contributed by atoms with Gasteiger partial charge >= 0.3 is 0 Å². The SMILES string of the molecule is CC1CC(C)CN(C(=O)C2(CN)CCCC2)C1.Cl. The molecule has 106 valence electrons. The molecule has 0 radical (unpaired) electrons. The van der Waals surface area contributed by atoms with Gasteiger partial charge in [-0.15, -0.1) is 12.4 Å². The molecule has 0 spiro atoms. The van der Waals surface area contributed by atoms with Gasteiger partial charge in [-0.05, 0) is 31.1 Å². The molecule has 2 aliphatic rings. The van der Waals surface area contributed by atoms with Gasteiger partial charge in [-0.2, -0.15) is 0 Å². The Morgan fingerprint density at radius 1 is 1.22 bits per heavy atom. The number of nitrogens with zero attached hydrogens (tertiary/aromatic N) is 1.